The van der Waals surface area contributed by atoms with Crippen molar-refractivity contribution in [3.05, 3.63) is 11.3 Å². The Morgan fingerprint density at radius 3 is 2.67 bits per heavy atom. The van der Waals surface area contributed by atoms with E-state index in [-0.39, 0.29) is 17.3 Å². The number of nitrogens with zero attached hydrogens (tertiary/aromatic N) is 1. The van der Waals surface area contributed by atoms with Gasteiger partial charge in [0.25, 0.3) is 0 Å². The summed E-state index contributed by atoms with van der Waals surface area (Å²) in [4.78, 5) is 10.9. The second-order valence-corrected chi connectivity index (χ2v) is 4.58. The summed E-state index contributed by atoms with van der Waals surface area (Å²) in [6.45, 7) is 7.41. The predicted molar refractivity (Wildman–Crippen MR) is 56.6 cm³/mol. The van der Waals surface area contributed by atoms with Gasteiger partial charge < -0.3 is 4.74 Å². The Kier molecular flexibility index (Phi) is 3.18. The second-order valence-electron chi connectivity index (χ2n) is 4.58. The first kappa shape index (κ1) is 11.8. The molecule has 82 valence electrons. The van der Waals surface area contributed by atoms with Crippen molar-refractivity contribution in [3.63, 3.8) is 0 Å². The van der Waals surface area contributed by atoms with Crippen LogP contribution in [0, 0.1) is 22.7 Å². The highest BCUT2D eigenvalue weighted by Crippen LogP contribution is 2.44. The number of hydrogen-bond donors (Lipinski definition) is 0. The van der Waals surface area contributed by atoms with E-state index < -0.39 is 0 Å². The van der Waals surface area contributed by atoms with Crippen LogP contribution < -0.4 is 0 Å². The molecule has 0 aromatic heterocycles. The van der Waals surface area contributed by atoms with Crippen LogP contribution in [0.1, 0.15) is 40.5 Å². The lowest BCUT2D eigenvalue weighted by Gasteiger charge is -2.36. The molecule has 0 radical (unpaired) electrons. The third kappa shape index (κ3) is 2.20. The van der Waals surface area contributed by atoms with E-state index in [0.29, 0.717) is 6.42 Å². The minimum absolute atomic E-state index is 0.0109. The van der Waals surface area contributed by atoms with Crippen LogP contribution in [0.3, 0.4) is 0 Å². The van der Waals surface area contributed by atoms with Gasteiger partial charge in [-0.25, -0.2) is 0 Å². The highest BCUT2D eigenvalue weighted by atomic mass is 16.5. The van der Waals surface area contributed by atoms with Crippen molar-refractivity contribution in [1.29, 1.82) is 5.26 Å². The minimum Gasteiger partial charge on any atom is -0.431 e. The molecule has 0 aromatic carbocycles. The maximum atomic E-state index is 10.9. The van der Waals surface area contributed by atoms with E-state index in [0.717, 1.165) is 17.8 Å². The Balaban J connectivity index is 3.01. The molecule has 15 heavy (non-hydrogen) atoms. The summed E-state index contributed by atoms with van der Waals surface area (Å²) in [6.07, 6.45) is 1.45. The summed E-state index contributed by atoms with van der Waals surface area (Å²) >= 11 is 0. The predicted octanol–water partition coefficient (Wildman–Crippen LogP) is 2.78. The minimum atomic E-state index is -0.282. The lowest BCUT2D eigenvalue weighted by atomic mass is 9.68. The van der Waals surface area contributed by atoms with Crippen LogP contribution in [0.15, 0.2) is 11.3 Å². The topological polar surface area (TPSA) is 50.1 Å². The van der Waals surface area contributed by atoms with Gasteiger partial charge >= 0.3 is 5.97 Å². The average Bonchev–Trinajstić information content (AvgIpc) is 2.13. The molecule has 0 spiro atoms. The van der Waals surface area contributed by atoms with Crippen molar-refractivity contribution in [1.82, 2.24) is 0 Å². The first-order chi connectivity index (χ1) is 6.89. The summed E-state index contributed by atoms with van der Waals surface area (Å²) in [5.41, 5.74) is 0.827. The largest absolute Gasteiger partial charge is 0.431 e. The molecule has 0 saturated carbocycles. The van der Waals surface area contributed by atoms with E-state index in [1.807, 2.05) is 20.8 Å². The number of ether oxygens (including phenoxy) is 1. The maximum absolute atomic E-state index is 10.9. The smallest absolute Gasteiger partial charge is 0.307 e. The summed E-state index contributed by atoms with van der Waals surface area (Å²) in [7, 11) is 0. The molecule has 1 unspecified atom stereocenters. The Hall–Kier alpha value is -1.30. The third-order valence-corrected chi connectivity index (χ3v) is 3.34. The van der Waals surface area contributed by atoms with Gasteiger partial charge in [-0.3, -0.25) is 4.79 Å². The lowest BCUT2D eigenvalue weighted by Crippen LogP contribution is -2.30. The van der Waals surface area contributed by atoms with Crippen LogP contribution >= 0.6 is 0 Å². The summed E-state index contributed by atoms with van der Waals surface area (Å²) in [5, 5.41) is 9.03. The van der Waals surface area contributed by atoms with Crippen LogP contribution in [0.25, 0.3) is 0 Å². The molecule has 0 fully saturated rings. The Morgan fingerprint density at radius 2 is 2.20 bits per heavy atom. The van der Waals surface area contributed by atoms with Gasteiger partial charge in [0.15, 0.2) is 0 Å². The van der Waals surface area contributed by atoms with Crippen LogP contribution in [-0.2, 0) is 9.53 Å². The number of esters is 1. The normalized spacial score (nSPS) is 24.6. The van der Waals surface area contributed by atoms with Gasteiger partial charge in [0.1, 0.15) is 5.76 Å². The highest BCUT2D eigenvalue weighted by Gasteiger charge is 2.37. The fraction of sp³-hybridized carbons (Fsp3) is 0.667. The molecular weight excluding hydrogens is 190 g/mol. The van der Waals surface area contributed by atoms with E-state index in [2.05, 4.69) is 6.07 Å². The number of allylic oxidation sites excluding steroid dienone is 2. The summed E-state index contributed by atoms with van der Waals surface area (Å²) in [6, 6.07) is 2.32. The summed E-state index contributed by atoms with van der Waals surface area (Å²) < 4.78 is 5.16. The molecule has 0 bridgehead atoms. The molecule has 1 atom stereocenters. The Bertz CT molecular complexity index is 347. The second kappa shape index (κ2) is 4.06. The molecule has 0 heterocycles. The quantitative estimate of drug-likeness (QED) is 0.621. The number of carbonyl (C=O) groups is 1. The van der Waals surface area contributed by atoms with Gasteiger partial charge in [-0.2, -0.15) is 5.26 Å². The lowest BCUT2D eigenvalue weighted by molar-refractivity contribution is -0.137. The standard InChI is InChI=1S/C12H17NO2/c1-8-11(15-9(2)14)6-5-10(7-13)12(8,3)4/h10H,5-6H2,1-4H3. The van der Waals surface area contributed by atoms with Crippen molar-refractivity contribution >= 4 is 5.97 Å². The molecular formula is C12H17NO2. The molecule has 0 aliphatic heterocycles. The zero-order chi connectivity index (χ0) is 11.6. The van der Waals surface area contributed by atoms with E-state index in [1.54, 1.807) is 0 Å². The van der Waals surface area contributed by atoms with Crippen LogP contribution in [-0.4, -0.2) is 5.97 Å². The van der Waals surface area contributed by atoms with Crippen molar-refractivity contribution < 1.29 is 9.53 Å². The van der Waals surface area contributed by atoms with Crippen LogP contribution in [0.5, 0.6) is 0 Å². The molecule has 1 aliphatic rings. The van der Waals surface area contributed by atoms with E-state index in [4.69, 9.17) is 10.00 Å². The molecule has 1 rings (SSSR count). The fourth-order valence-electron chi connectivity index (χ4n) is 1.97. The first-order valence-corrected chi connectivity index (χ1v) is 5.18. The molecule has 1 aliphatic carbocycles. The van der Waals surface area contributed by atoms with E-state index in [1.165, 1.54) is 6.92 Å². The summed E-state index contributed by atoms with van der Waals surface area (Å²) in [5.74, 6) is 0.478. The van der Waals surface area contributed by atoms with E-state index in [9.17, 15) is 4.79 Å². The zero-order valence-corrected chi connectivity index (χ0v) is 9.76. The first-order valence-electron chi connectivity index (χ1n) is 5.18. The highest BCUT2D eigenvalue weighted by molar-refractivity contribution is 5.67. The average molecular weight is 207 g/mol. The van der Waals surface area contributed by atoms with Crippen molar-refractivity contribution in [2.24, 2.45) is 11.3 Å². The number of hydrogen-bond acceptors (Lipinski definition) is 3. The molecule has 0 saturated heterocycles. The van der Waals surface area contributed by atoms with Gasteiger partial charge in [0, 0.05) is 18.8 Å². The SMILES string of the molecule is CC(=O)OC1=C(C)C(C)(C)C(C#N)CC1. The van der Waals surface area contributed by atoms with Crippen molar-refractivity contribution in [2.75, 3.05) is 0 Å². The fourth-order valence-corrected chi connectivity index (χ4v) is 1.97. The van der Waals surface area contributed by atoms with Gasteiger partial charge in [0.2, 0.25) is 0 Å². The van der Waals surface area contributed by atoms with Gasteiger partial charge in [-0.1, -0.05) is 13.8 Å². The Labute approximate surface area is 90.7 Å². The maximum Gasteiger partial charge on any atom is 0.307 e. The Morgan fingerprint density at radius 1 is 1.60 bits per heavy atom. The number of carbonyl (C=O) groups excluding carboxylic acids is 1. The van der Waals surface area contributed by atoms with Gasteiger partial charge in [0.05, 0.1) is 12.0 Å². The van der Waals surface area contributed by atoms with Crippen LogP contribution in [0.2, 0.25) is 0 Å². The van der Waals surface area contributed by atoms with Crippen molar-refractivity contribution in [2.45, 2.75) is 40.5 Å². The zero-order valence-electron chi connectivity index (χ0n) is 9.76. The van der Waals surface area contributed by atoms with Gasteiger partial charge in [-0.05, 0) is 18.9 Å². The molecule has 3 heteroatoms. The third-order valence-electron chi connectivity index (χ3n) is 3.34. The molecule has 3 nitrogen and oxygen atoms in total. The number of nitriles is 1. The molecule has 0 N–H and O–H groups in total. The van der Waals surface area contributed by atoms with Crippen LogP contribution in [0.4, 0.5) is 0 Å². The molecule has 0 amide bonds. The van der Waals surface area contributed by atoms with Gasteiger partial charge in [-0.15, -0.1) is 0 Å². The molecule has 0 aromatic rings. The van der Waals surface area contributed by atoms with E-state index >= 15 is 0 Å². The monoisotopic (exact) mass is 207 g/mol. The number of rotatable bonds is 1. The van der Waals surface area contributed by atoms with Crippen molar-refractivity contribution in [3.8, 4) is 6.07 Å².